The highest BCUT2D eigenvalue weighted by atomic mass is 19.1. The van der Waals surface area contributed by atoms with Crippen LogP contribution in [0, 0.1) is 19.7 Å². The number of benzene rings is 1. The quantitative estimate of drug-likeness (QED) is 0.560. The Hall–Kier alpha value is -3.48. The Labute approximate surface area is 154 Å². The van der Waals surface area contributed by atoms with Crippen LogP contribution in [-0.4, -0.2) is 26.3 Å². The third-order valence-electron chi connectivity index (χ3n) is 4.67. The molecule has 27 heavy (non-hydrogen) atoms. The van der Waals surface area contributed by atoms with E-state index in [1.165, 1.54) is 22.3 Å². The highest BCUT2D eigenvalue weighted by molar-refractivity contribution is 5.79. The molecule has 6 nitrogen and oxygen atoms in total. The smallest absolute Gasteiger partial charge is 0.355 e. The molecule has 4 rings (SSSR count). The van der Waals surface area contributed by atoms with Gasteiger partial charge in [0.05, 0.1) is 18.8 Å². The molecule has 136 valence electrons. The van der Waals surface area contributed by atoms with Crippen LogP contribution in [0.3, 0.4) is 0 Å². The van der Waals surface area contributed by atoms with Crippen molar-refractivity contribution < 1.29 is 9.13 Å². The molecular weight excluding hydrogens is 347 g/mol. The zero-order valence-corrected chi connectivity index (χ0v) is 15.1. The van der Waals surface area contributed by atoms with Gasteiger partial charge in [0.2, 0.25) is 0 Å². The fourth-order valence-corrected chi connectivity index (χ4v) is 3.37. The second-order valence-electron chi connectivity index (χ2n) is 6.18. The molecule has 1 aromatic carbocycles. The van der Waals surface area contributed by atoms with Gasteiger partial charge in [-0.2, -0.15) is 9.78 Å². The highest BCUT2D eigenvalue weighted by Crippen LogP contribution is 2.34. The van der Waals surface area contributed by atoms with Gasteiger partial charge < -0.3 is 4.74 Å². The van der Waals surface area contributed by atoms with Crippen LogP contribution in [-0.2, 0) is 0 Å². The molecular formula is C20H17FN4O2. The first-order valence-corrected chi connectivity index (χ1v) is 8.38. The number of rotatable bonds is 3. The molecule has 0 unspecified atom stereocenters. The van der Waals surface area contributed by atoms with Crippen molar-refractivity contribution in [3.63, 3.8) is 0 Å². The molecule has 0 atom stereocenters. The van der Waals surface area contributed by atoms with Gasteiger partial charge in [-0.25, -0.2) is 14.2 Å². The first kappa shape index (κ1) is 17.0. The summed E-state index contributed by atoms with van der Waals surface area (Å²) in [4.78, 5) is 17.2. The topological polar surface area (TPSA) is 61.4 Å². The van der Waals surface area contributed by atoms with Gasteiger partial charge in [-0.05, 0) is 49.7 Å². The summed E-state index contributed by atoms with van der Waals surface area (Å²) < 4.78 is 22.5. The maximum atomic E-state index is 14.6. The minimum Gasteiger partial charge on any atom is -0.497 e. The summed E-state index contributed by atoms with van der Waals surface area (Å²) >= 11 is 0. The summed E-state index contributed by atoms with van der Waals surface area (Å²) in [6.07, 6.45) is 3.19. The fourth-order valence-electron chi connectivity index (χ4n) is 3.37. The lowest BCUT2D eigenvalue weighted by molar-refractivity contribution is 0.414. The van der Waals surface area contributed by atoms with E-state index in [9.17, 15) is 9.18 Å². The van der Waals surface area contributed by atoms with Gasteiger partial charge in [-0.15, -0.1) is 0 Å². The van der Waals surface area contributed by atoms with Gasteiger partial charge in [0.1, 0.15) is 11.6 Å². The first-order chi connectivity index (χ1) is 13.0. The number of hydrogen-bond donors (Lipinski definition) is 0. The van der Waals surface area contributed by atoms with Crippen LogP contribution >= 0.6 is 0 Å². The normalized spacial score (nSPS) is 11.1. The van der Waals surface area contributed by atoms with E-state index in [0.29, 0.717) is 33.9 Å². The summed E-state index contributed by atoms with van der Waals surface area (Å²) in [6, 6.07) is 9.81. The van der Waals surface area contributed by atoms with Gasteiger partial charge in [-0.1, -0.05) is 6.07 Å². The first-order valence-electron chi connectivity index (χ1n) is 8.38. The maximum Gasteiger partial charge on any atom is 0.355 e. The summed E-state index contributed by atoms with van der Waals surface area (Å²) in [5.41, 5.74) is 2.72. The summed E-state index contributed by atoms with van der Waals surface area (Å²) in [5, 5.41) is 4.24. The number of halogens is 1. The van der Waals surface area contributed by atoms with E-state index >= 15 is 0 Å². The monoisotopic (exact) mass is 364 g/mol. The molecule has 7 heteroatoms. The molecule has 3 heterocycles. The van der Waals surface area contributed by atoms with Crippen LogP contribution in [0.15, 0.2) is 53.6 Å². The van der Waals surface area contributed by atoms with Crippen LogP contribution in [0.25, 0.3) is 22.5 Å². The molecule has 0 amide bonds. The minimum atomic E-state index is -0.379. The van der Waals surface area contributed by atoms with Gasteiger partial charge in [-0.3, -0.25) is 4.40 Å². The lowest BCUT2D eigenvalue weighted by Gasteiger charge is -2.07. The Morgan fingerprint density at radius 2 is 1.96 bits per heavy atom. The number of aromatic nitrogens is 4. The average molecular weight is 364 g/mol. The van der Waals surface area contributed by atoms with Gasteiger partial charge >= 0.3 is 5.69 Å². The molecule has 0 bridgehead atoms. The number of methoxy groups -OCH3 is 1. The molecule has 3 aromatic heterocycles. The highest BCUT2D eigenvalue weighted by Gasteiger charge is 2.20. The lowest BCUT2D eigenvalue weighted by atomic mass is 10.0. The van der Waals surface area contributed by atoms with Gasteiger partial charge in [0, 0.05) is 23.0 Å². The van der Waals surface area contributed by atoms with Crippen molar-refractivity contribution in [1.82, 2.24) is 19.2 Å². The number of pyridine rings is 1. The second-order valence-corrected chi connectivity index (χ2v) is 6.18. The Balaban J connectivity index is 2.03. The number of aryl methyl sites for hydroxylation is 2. The van der Waals surface area contributed by atoms with E-state index in [2.05, 4.69) is 10.1 Å². The molecule has 0 spiro atoms. The predicted octanol–water partition coefficient (Wildman–Crippen LogP) is 3.31. The van der Waals surface area contributed by atoms with E-state index < -0.39 is 0 Å². The van der Waals surface area contributed by atoms with Crippen LogP contribution in [0.5, 0.6) is 5.75 Å². The van der Waals surface area contributed by atoms with E-state index in [0.717, 1.165) is 5.56 Å². The van der Waals surface area contributed by atoms with E-state index in [4.69, 9.17) is 4.74 Å². The molecule has 0 fully saturated rings. The molecule has 0 saturated heterocycles. The largest absolute Gasteiger partial charge is 0.497 e. The zero-order chi connectivity index (χ0) is 19.1. The predicted molar refractivity (Wildman–Crippen MR) is 100 cm³/mol. The van der Waals surface area contributed by atoms with Crippen molar-refractivity contribution in [2.45, 2.75) is 13.8 Å². The second kappa shape index (κ2) is 6.35. The Kier molecular flexibility index (Phi) is 3.99. The SMILES string of the molecule is COc1ccc(F)c(-c2c(C)c3cnn(-c4ccccn4)c(=O)n3c2C)c1. The third kappa shape index (κ3) is 2.59. The van der Waals surface area contributed by atoms with E-state index in [1.54, 1.807) is 49.6 Å². The molecule has 0 N–H and O–H groups in total. The third-order valence-corrected chi connectivity index (χ3v) is 4.67. The number of hydrogen-bond acceptors (Lipinski definition) is 4. The van der Waals surface area contributed by atoms with Crippen molar-refractivity contribution in [2.75, 3.05) is 7.11 Å². The van der Waals surface area contributed by atoms with Crippen molar-refractivity contribution in [1.29, 1.82) is 0 Å². The molecule has 0 aliphatic carbocycles. The van der Waals surface area contributed by atoms with Crippen LogP contribution in [0.2, 0.25) is 0 Å². The molecule has 4 aromatic rings. The lowest BCUT2D eigenvalue weighted by Crippen LogP contribution is -2.28. The Morgan fingerprint density at radius 3 is 2.67 bits per heavy atom. The summed E-state index contributed by atoms with van der Waals surface area (Å²) in [5.74, 6) is 0.588. The van der Waals surface area contributed by atoms with Crippen molar-refractivity contribution in [3.8, 4) is 22.7 Å². The van der Waals surface area contributed by atoms with Crippen molar-refractivity contribution >= 4 is 5.52 Å². The molecule has 0 aliphatic rings. The molecule has 0 aliphatic heterocycles. The fraction of sp³-hybridized carbons (Fsp3) is 0.150. The summed E-state index contributed by atoms with van der Waals surface area (Å²) in [6.45, 7) is 3.64. The number of fused-ring (bicyclic) bond motifs is 1. The van der Waals surface area contributed by atoms with Crippen LogP contribution in [0.1, 0.15) is 11.3 Å². The Morgan fingerprint density at radius 1 is 1.15 bits per heavy atom. The summed E-state index contributed by atoms with van der Waals surface area (Å²) in [7, 11) is 1.53. The van der Waals surface area contributed by atoms with E-state index in [-0.39, 0.29) is 11.5 Å². The van der Waals surface area contributed by atoms with Crippen molar-refractivity contribution in [3.05, 3.63) is 76.4 Å². The van der Waals surface area contributed by atoms with Crippen molar-refractivity contribution in [2.24, 2.45) is 0 Å². The molecule has 0 radical (unpaired) electrons. The van der Waals surface area contributed by atoms with E-state index in [1.807, 2.05) is 6.92 Å². The Bertz CT molecular complexity index is 1210. The van der Waals surface area contributed by atoms with Gasteiger partial charge in [0.25, 0.3) is 0 Å². The molecule has 0 saturated carbocycles. The average Bonchev–Trinajstić information content (AvgIpc) is 2.94. The minimum absolute atomic E-state index is 0.360. The maximum absolute atomic E-state index is 14.6. The number of ether oxygens (including phenoxy) is 1. The van der Waals surface area contributed by atoms with Crippen LogP contribution < -0.4 is 10.4 Å². The number of nitrogens with zero attached hydrogens (tertiary/aromatic N) is 4. The zero-order valence-electron chi connectivity index (χ0n) is 15.1. The van der Waals surface area contributed by atoms with Gasteiger partial charge in [0.15, 0.2) is 5.82 Å². The standard InChI is InChI=1S/C20H17FN4O2/c1-12-17-11-23-25(18-6-4-5-9-22-18)20(26)24(17)13(2)19(12)15-10-14(27-3)7-8-16(15)21/h4-11H,1-3H3. The van der Waals surface area contributed by atoms with Crippen LogP contribution in [0.4, 0.5) is 4.39 Å².